The lowest BCUT2D eigenvalue weighted by Crippen LogP contribution is -2.33. The highest BCUT2D eigenvalue weighted by Crippen LogP contribution is 2.43. The second-order valence-corrected chi connectivity index (χ2v) is 6.49. The Morgan fingerprint density at radius 2 is 1.86 bits per heavy atom. The van der Waals surface area contributed by atoms with Crippen LogP contribution in [0.3, 0.4) is 0 Å². The lowest BCUT2D eigenvalue weighted by molar-refractivity contribution is 0.0600. The van der Waals surface area contributed by atoms with Crippen molar-refractivity contribution in [2.75, 3.05) is 20.2 Å². The molecule has 22 heavy (non-hydrogen) atoms. The Morgan fingerprint density at radius 3 is 2.59 bits per heavy atom. The van der Waals surface area contributed by atoms with Gasteiger partial charge < -0.3 is 9.64 Å². The van der Waals surface area contributed by atoms with E-state index in [1.165, 1.54) is 51.6 Å². The van der Waals surface area contributed by atoms with Crippen molar-refractivity contribution in [2.24, 2.45) is 5.41 Å². The van der Waals surface area contributed by atoms with Crippen molar-refractivity contribution in [3.05, 3.63) is 29.6 Å². The number of hydrogen-bond acceptors (Lipinski definition) is 4. The van der Waals surface area contributed by atoms with Gasteiger partial charge in [0.25, 0.3) is 5.91 Å². The standard InChI is InChI=1S/C17H22N2O3/c1-22-16(21)14-9-13(10-18-11-14)15(20)19-8-7-17(12-19)5-3-2-4-6-17/h9-11H,2-8,12H2,1H3. The van der Waals surface area contributed by atoms with E-state index >= 15 is 0 Å². The number of rotatable bonds is 2. The highest BCUT2D eigenvalue weighted by Gasteiger charge is 2.40. The maximum Gasteiger partial charge on any atom is 0.339 e. The molecule has 1 saturated carbocycles. The molecule has 1 aromatic heterocycles. The molecule has 2 heterocycles. The molecule has 2 aliphatic rings. The third-order valence-corrected chi connectivity index (χ3v) is 5.05. The predicted octanol–water partition coefficient (Wildman–Crippen LogP) is 2.66. The summed E-state index contributed by atoms with van der Waals surface area (Å²) in [6.45, 7) is 1.65. The maximum absolute atomic E-state index is 12.7. The van der Waals surface area contributed by atoms with Crippen LogP contribution in [-0.4, -0.2) is 42.0 Å². The fourth-order valence-electron chi connectivity index (χ4n) is 3.79. The monoisotopic (exact) mass is 302 g/mol. The number of carbonyl (C=O) groups excluding carboxylic acids is 2. The molecule has 1 spiro atoms. The van der Waals surface area contributed by atoms with Gasteiger partial charge in [0, 0.05) is 25.5 Å². The highest BCUT2D eigenvalue weighted by molar-refractivity contribution is 5.97. The summed E-state index contributed by atoms with van der Waals surface area (Å²) in [5.41, 5.74) is 1.12. The summed E-state index contributed by atoms with van der Waals surface area (Å²) in [4.78, 5) is 30.2. The first-order valence-electron chi connectivity index (χ1n) is 7.96. The van der Waals surface area contributed by atoms with Gasteiger partial charge in [-0.15, -0.1) is 0 Å². The summed E-state index contributed by atoms with van der Waals surface area (Å²) in [5.74, 6) is -0.493. The van der Waals surface area contributed by atoms with Crippen molar-refractivity contribution < 1.29 is 14.3 Å². The smallest absolute Gasteiger partial charge is 0.339 e. The Labute approximate surface area is 130 Å². The zero-order chi connectivity index (χ0) is 15.6. The third kappa shape index (κ3) is 2.85. The number of pyridine rings is 1. The molecular formula is C17H22N2O3. The molecule has 0 atom stereocenters. The fraction of sp³-hybridized carbons (Fsp3) is 0.588. The van der Waals surface area contributed by atoms with Crippen molar-refractivity contribution in [1.82, 2.24) is 9.88 Å². The van der Waals surface area contributed by atoms with Gasteiger partial charge in [-0.05, 0) is 30.7 Å². The minimum atomic E-state index is -0.465. The molecule has 118 valence electrons. The minimum absolute atomic E-state index is 0.0271. The Hall–Kier alpha value is -1.91. The maximum atomic E-state index is 12.7. The molecule has 1 aliphatic carbocycles. The molecular weight excluding hydrogens is 280 g/mol. The largest absolute Gasteiger partial charge is 0.465 e. The SMILES string of the molecule is COC(=O)c1cncc(C(=O)N2CCC3(CCCCC3)C2)c1. The van der Waals surface area contributed by atoms with Crippen LogP contribution < -0.4 is 0 Å². The summed E-state index contributed by atoms with van der Waals surface area (Å²) in [6, 6.07) is 1.58. The van der Waals surface area contributed by atoms with E-state index in [4.69, 9.17) is 0 Å². The van der Waals surface area contributed by atoms with Gasteiger partial charge in [-0.3, -0.25) is 9.78 Å². The zero-order valence-corrected chi connectivity index (χ0v) is 13.0. The molecule has 0 radical (unpaired) electrons. The van der Waals surface area contributed by atoms with Crippen LogP contribution >= 0.6 is 0 Å². The van der Waals surface area contributed by atoms with Crippen LogP contribution in [0.5, 0.6) is 0 Å². The number of hydrogen-bond donors (Lipinski definition) is 0. The summed E-state index contributed by atoms with van der Waals surface area (Å²) in [5, 5.41) is 0. The Morgan fingerprint density at radius 1 is 1.14 bits per heavy atom. The molecule has 1 saturated heterocycles. The van der Waals surface area contributed by atoms with Crippen molar-refractivity contribution >= 4 is 11.9 Å². The molecule has 5 heteroatoms. The molecule has 5 nitrogen and oxygen atoms in total. The van der Waals surface area contributed by atoms with E-state index in [0.29, 0.717) is 16.5 Å². The molecule has 0 unspecified atom stereocenters. The number of aromatic nitrogens is 1. The van der Waals surface area contributed by atoms with Crippen LogP contribution in [0, 0.1) is 5.41 Å². The molecule has 0 bridgehead atoms. The summed E-state index contributed by atoms with van der Waals surface area (Å²) in [7, 11) is 1.32. The van der Waals surface area contributed by atoms with E-state index in [1.807, 2.05) is 4.90 Å². The normalized spacial score (nSPS) is 20.1. The number of carbonyl (C=O) groups is 2. The Kier molecular flexibility index (Phi) is 4.14. The van der Waals surface area contributed by atoms with Crippen LogP contribution in [0.2, 0.25) is 0 Å². The first kappa shape index (κ1) is 15.0. The number of ether oxygens (including phenoxy) is 1. The molecule has 3 rings (SSSR count). The first-order chi connectivity index (χ1) is 10.6. The van der Waals surface area contributed by atoms with Gasteiger partial charge in [0.15, 0.2) is 0 Å². The van der Waals surface area contributed by atoms with E-state index in [2.05, 4.69) is 9.72 Å². The molecule has 1 aromatic rings. The lowest BCUT2D eigenvalue weighted by atomic mass is 9.73. The van der Waals surface area contributed by atoms with E-state index in [0.717, 1.165) is 19.5 Å². The Balaban J connectivity index is 1.73. The quantitative estimate of drug-likeness (QED) is 0.788. The van der Waals surface area contributed by atoms with Crippen LogP contribution in [0.25, 0.3) is 0 Å². The fourth-order valence-corrected chi connectivity index (χ4v) is 3.79. The van der Waals surface area contributed by atoms with Gasteiger partial charge in [-0.2, -0.15) is 0 Å². The van der Waals surface area contributed by atoms with Crippen molar-refractivity contribution in [3.8, 4) is 0 Å². The predicted molar refractivity (Wildman–Crippen MR) is 81.6 cm³/mol. The second-order valence-electron chi connectivity index (χ2n) is 6.49. The van der Waals surface area contributed by atoms with E-state index in [-0.39, 0.29) is 5.91 Å². The average molecular weight is 302 g/mol. The molecule has 0 aromatic carbocycles. The summed E-state index contributed by atoms with van der Waals surface area (Å²) < 4.78 is 4.68. The summed E-state index contributed by atoms with van der Waals surface area (Å²) in [6.07, 6.45) is 10.4. The average Bonchev–Trinajstić information content (AvgIpc) is 2.97. The van der Waals surface area contributed by atoms with Crippen LogP contribution in [0.15, 0.2) is 18.5 Å². The van der Waals surface area contributed by atoms with Gasteiger partial charge in [0.05, 0.1) is 18.2 Å². The summed E-state index contributed by atoms with van der Waals surface area (Å²) >= 11 is 0. The lowest BCUT2D eigenvalue weighted by Gasteiger charge is -2.33. The first-order valence-corrected chi connectivity index (χ1v) is 7.96. The van der Waals surface area contributed by atoms with E-state index < -0.39 is 5.97 Å². The van der Waals surface area contributed by atoms with E-state index in [9.17, 15) is 9.59 Å². The van der Waals surface area contributed by atoms with Crippen molar-refractivity contribution in [1.29, 1.82) is 0 Å². The highest BCUT2D eigenvalue weighted by atomic mass is 16.5. The van der Waals surface area contributed by atoms with Crippen molar-refractivity contribution in [3.63, 3.8) is 0 Å². The number of nitrogens with zero attached hydrogens (tertiary/aromatic N) is 2. The number of likely N-dealkylation sites (tertiary alicyclic amines) is 1. The third-order valence-electron chi connectivity index (χ3n) is 5.05. The van der Waals surface area contributed by atoms with Gasteiger partial charge in [-0.25, -0.2) is 4.79 Å². The van der Waals surface area contributed by atoms with Crippen LogP contribution in [-0.2, 0) is 4.74 Å². The molecule has 1 amide bonds. The van der Waals surface area contributed by atoms with Gasteiger partial charge in [-0.1, -0.05) is 19.3 Å². The van der Waals surface area contributed by atoms with Gasteiger partial charge in [0.2, 0.25) is 0 Å². The number of methoxy groups -OCH3 is 1. The number of esters is 1. The topological polar surface area (TPSA) is 59.5 Å². The molecule has 1 aliphatic heterocycles. The molecule has 2 fully saturated rings. The second kappa shape index (κ2) is 6.07. The van der Waals surface area contributed by atoms with Crippen molar-refractivity contribution in [2.45, 2.75) is 38.5 Å². The van der Waals surface area contributed by atoms with Crippen LogP contribution in [0.4, 0.5) is 0 Å². The zero-order valence-electron chi connectivity index (χ0n) is 13.0. The molecule has 0 N–H and O–H groups in total. The van der Waals surface area contributed by atoms with Crippen LogP contribution in [0.1, 0.15) is 59.2 Å². The number of amides is 1. The Bertz CT molecular complexity index is 579. The van der Waals surface area contributed by atoms with Gasteiger partial charge in [0.1, 0.15) is 0 Å². The van der Waals surface area contributed by atoms with Gasteiger partial charge >= 0.3 is 5.97 Å². The minimum Gasteiger partial charge on any atom is -0.465 e. The van der Waals surface area contributed by atoms with E-state index in [1.54, 1.807) is 6.07 Å².